The van der Waals surface area contributed by atoms with Crippen molar-refractivity contribution in [3.05, 3.63) is 18.4 Å². The third-order valence-corrected chi connectivity index (χ3v) is 1.39. The molecule has 1 saturated heterocycles. The molecule has 52 valence electrons. The summed E-state index contributed by atoms with van der Waals surface area (Å²) in [5.74, 6) is -0.0336. The molecule has 1 aromatic rings. The molecule has 10 heavy (non-hydrogen) atoms. The SMILES string of the molecule is O=C(c1cocn1)N1CC1. The van der Waals surface area contributed by atoms with Crippen molar-refractivity contribution in [2.75, 3.05) is 13.1 Å². The summed E-state index contributed by atoms with van der Waals surface area (Å²) in [6.45, 7) is 1.71. The Balaban J connectivity index is 2.19. The molecule has 0 spiro atoms. The van der Waals surface area contributed by atoms with Gasteiger partial charge in [0.2, 0.25) is 0 Å². The van der Waals surface area contributed by atoms with E-state index in [9.17, 15) is 4.79 Å². The lowest BCUT2D eigenvalue weighted by Gasteiger charge is -1.92. The summed E-state index contributed by atoms with van der Waals surface area (Å²) in [5.41, 5.74) is 0.400. The van der Waals surface area contributed by atoms with Crippen LogP contribution in [0.5, 0.6) is 0 Å². The van der Waals surface area contributed by atoms with Gasteiger partial charge in [-0.2, -0.15) is 0 Å². The fraction of sp³-hybridized carbons (Fsp3) is 0.333. The van der Waals surface area contributed by atoms with Crippen LogP contribution in [0, 0.1) is 0 Å². The molecule has 1 aliphatic heterocycles. The zero-order valence-electron chi connectivity index (χ0n) is 5.28. The van der Waals surface area contributed by atoms with Crippen molar-refractivity contribution in [3.63, 3.8) is 0 Å². The van der Waals surface area contributed by atoms with E-state index in [1.165, 1.54) is 12.7 Å². The summed E-state index contributed by atoms with van der Waals surface area (Å²) in [5, 5.41) is 0. The van der Waals surface area contributed by atoms with Gasteiger partial charge in [-0.1, -0.05) is 0 Å². The van der Waals surface area contributed by atoms with Gasteiger partial charge in [0.15, 0.2) is 12.1 Å². The summed E-state index contributed by atoms with van der Waals surface area (Å²) in [4.78, 5) is 16.5. The summed E-state index contributed by atoms with van der Waals surface area (Å²) < 4.78 is 4.65. The number of carbonyl (C=O) groups is 1. The van der Waals surface area contributed by atoms with Crippen LogP contribution >= 0.6 is 0 Å². The lowest BCUT2D eigenvalue weighted by Crippen LogP contribution is -2.10. The number of hydrogen-bond donors (Lipinski definition) is 0. The van der Waals surface area contributed by atoms with E-state index < -0.39 is 0 Å². The van der Waals surface area contributed by atoms with Gasteiger partial charge in [-0.15, -0.1) is 0 Å². The summed E-state index contributed by atoms with van der Waals surface area (Å²) in [6, 6.07) is 0. The highest BCUT2D eigenvalue weighted by molar-refractivity contribution is 5.93. The zero-order valence-corrected chi connectivity index (χ0v) is 5.28. The molecule has 0 bridgehead atoms. The second-order valence-electron chi connectivity index (χ2n) is 2.17. The van der Waals surface area contributed by atoms with Gasteiger partial charge in [0, 0.05) is 13.1 Å². The lowest BCUT2D eigenvalue weighted by molar-refractivity contribution is 0.0880. The second-order valence-corrected chi connectivity index (χ2v) is 2.17. The van der Waals surface area contributed by atoms with Gasteiger partial charge in [0.05, 0.1) is 0 Å². The average molecular weight is 138 g/mol. The van der Waals surface area contributed by atoms with Gasteiger partial charge in [-0.25, -0.2) is 4.98 Å². The number of carbonyl (C=O) groups excluding carboxylic acids is 1. The number of hydrogen-bond acceptors (Lipinski definition) is 3. The van der Waals surface area contributed by atoms with Crippen LogP contribution in [0.1, 0.15) is 10.5 Å². The van der Waals surface area contributed by atoms with E-state index in [0.717, 1.165) is 13.1 Å². The van der Waals surface area contributed by atoms with Crippen LogP contribution in [-0.2, 0) is 0 Å². The Bertz CT molecular complexity index is 238. The molecule has 0 unspecified atom stereocenters. The molecule has 1 fully saturated rings. The minimum atomic E-state index is -0.0336. The van der Waals surface area contributed by atoms with E-state index in [2.05, 4.69) is 9.40 Å². The van der Waals surface area contributed by atoms with Crippen molar-refractivity contribution in [2.24, 2.45) is 0 Å². The fourth-order valence-electron chi connectivity index (χ4n) is 0.733. The standard InChI is InChI=1S/C6H6N2O2/c9-6(8-1-2-8)5-3-10-4-7-5/h3-4H,1-2H2. The van der Waals surface area contributed by atoms with Crippen LogP contribution in [0.4, 0.5) is 0 Å². The molecule has 0 aromatic carbocycles. The molecule has 1 amide bonds. The molecule has 2 rings (SSSR count). The minimum Gasteiger partial charge on any atom is -0.451 e. The zero-order chi connectivity index (χ0) is 6.97. The molecule has 0 N–H and O–H groups in total. The topological polar surface area (TPSA) is 46.1 Å². The Morgan fingerprint density at radius 2 is 2.50 bits per heavy atom. The first-order chi connectivity index (χ1) is 4.88. The smallest absolute Gasteiger partial charge is 0.275 e. The Morgan fingerprint density at radius 1 is 1.70 bits per heavy atom. The molecular weight excluding hydrogens is 132 g/mol. The van der Waals surface area contributed by atoms with Crippen molar-refractivity contribution in [1.82, 2.24) is 9.88 Å². The maximum Gasteiger partial charge on any atom is 0.275 e. The average Bonchev–Trinajstić information content (AvgIpc) is 2.65. The van der Waals surface area contributed by atoms with Crippen LogP contribution in [-0.4, -0.2) is 28.9 Å². The van der Waals surface area contributed by atoms with Crippen LogP contribution < -0.4 is 0 Å². The van der Waals surface area contributed by atoms with Gasteiger partial charge in [-0.05, 0) is 0 Å². The lowest BCUT2D eigenvalue weighted by atomic mass is 10.5. The third-order valence-electron chi connectivity index (χ3n) is 1.39. The van der Waals surface area contributed by atoms with Crippen molar-refractivity contribution in [2.45, 2.75) is 0 Å². The van der Waals surface area contributed by atoms with E-state index in [-0.39, 0.29) is 5.91 Å². The van der Waals surface area contributed by atoms with Crippen molar-refractivity contribution >= 4 is 5.91 Å². The first-order valence-electron chi connectivity index (χ1n) is 3.05. The highest BCUT2D eigenvalue weighted by Gasteiger charge is 2.26. The molecule has 0 saturated carbocycles. The predicted molar refractivity (Wildman–Crippen MR) is 32.4 cm³/mol. The molecule has 4 nitrogen and oxygen atoms in total. The fourth-order valence-corrected chi connectivity index (χ4v) is 0.733. The molecule has 0 radical (unpaired) electrons. The number of oxazole rings is 1. The first kappa shape index (κ1) is 5.46. The highest BCUT2D eigenvalue weighted by Crippen LogP contribution is 2.09. The largest absolute Gasteiger partial charge is 0.451 e. The summed E-state index contributed by atoms with van der Waals surface area (Å²) >= 11 is 0. The third kappa shape index (κ3) is 0.775. The van der Waals surface area contributed by atoms with Gasteiger partial charge in [0.25, 0.3) is 5.91 Å². The Kier molecular flexibility index (Phi) is 1.00. The molecule has 0 aliphatic carbocycles. The first-order valence-corrected chi connectivity index (χ1v) is 3.05. The molecule has 1 aliphatic rings. The van der Waals surface area contributed by atoms with E-state index in [0.29, 0.717) is 5.69 Å². The van der Waals surface area contributed by atoms with Crippen molar-refractivity contribution < 1.29 is 9.21 Å². The molecule has 0 atom stereocenters. The Hall–Kier alpha value is -1.32. The highest BCUT2D eigenvalue weighted by atomic mass is 16.3. The number of aromatic nitrogens is 1. The quantitative estimate of drug-likeness (QED) is 0.518. The van der Waals surface area contributed by atoms with Crippen LogP contribution in [0.25, 0.3) is 0 Å². The van der Waals surface area contributed by atoms with Crippen molar-refractivity contribution in [3.8, 4) is 0 Å². The van der Waals surface area contributed by atoms with Gasteiger partial charge in [-0.3, -0.25) is 4.79 Å². The van der Waals surface area contributed by atoms with Gasteiger partial charge < -0.3 is 9.32 Å². The van der Waals surface area contributed by atoms with E-state index in [1.54, 1.807) is 4.90 Å². The van der Waals surface area contributed by atoms with Crippen LogP contribution in [0.15, 0.2) is 17.1 Å². The van der Waals surface area contributed by atoms with Crippen LogP contribution in [0.3, 0.4) is 0 Å². The molecule has 1 aromatic heterocycles. The number of nitrogens with zero attached hydrogens (tertiary/aromatic N) is 2. The second kappa shape index (κ2) is 1.83. The molecular formula is C6H6N2O2. The van der Waals surface area contributed by atoms with E-state index in [4.69, 9.17) is 0 Å². The van der Waals surface area contributed by atoms with Gasteiger partial charge >= 0.3 is 0 Å². The monoisotopic (exact) mass is 138 g/mol. The van der Waals surface area contributed by atoms with E-state index >= 15 is 0 Å². The normalized spacial score (nSPS) is 15.4. The number of rotatable bonds is 1. The summed E-state index contributed by atoms with van der Waals surface area (Å²) in [7, 11) is 0. The Labute approximate surface area is 57.5 Å². The Morgan fingerprint density at radius 3 is 3.00 bits per heavy atom. The van der Waals surface area contributed by atoms with Crippen molar-refractivity contribution in [1.29, 1.82) is 0 Å². The van der Waals surface area contributed by atoms with Crippen LogP contribution in [0.2, 0.25) is 0 Å². The maximum absolute atomic E-state index is 11.1. The summed E-state index contributed by atoms with van der Waals surface area (Å²) in [6.07, 6.45) is 2.62. The van der Waals surface area contributed by atoms with E-state index in [1.807, 2.05) is 0 Å². The minimum absolute atomic E-state index is 0.0336. The maximum atomic E-state index is 11.1. The number of amides is 1. The predicted octanol–water partition coefficient (Wildman–Crippen LogP) is 0.130. The molecule has 2 heterocycles. The molecule has 4 heteroatoms. The van der Waals surface area contributed by atoms with Gasteiger partial charge in [0.1, 0.15) is 6.26 Å².